The van der Waals surface area contributed by atoms with Gasteiger partial charge in [-0.15, -0.1) is 0 Å². The molecule has 4 nitrogen and oxygen atoms in total. The monoisotopic (exact) mass is 376 g/mol. The first-order chi connectivity index (χ1) is 9.70. The number of aryl methyl sites for hydroxylation is 1. The maximum absolute atomic E-state index is 13.3. The topological polar surface area (TPSA) is 72.2 Å². The Balaban J connectivity index is 2.43. The fraction of sp³-hybridized carbons (Fsp3) is 0.0769. The maximum Gasteiger partial charge on any atom is 0.263 e. The molecule has 8 heteroatoms. The van der Waals surface area contributed by atoms with Gasteiger partial charge in [0.05, 0.1) is 5.69 Å². The minimum atomic E-state index is -3.98. The van der Waals surface area contributed by atoms with Crippen LogP contribution in [0.1, 0.15) is 5.56 Å². The number of benzene rings is 2. The van der Waals surface area contributed by atoms with Crippen LogP contribution >= 0.6 is 15.9 Å². The smallest absolute Gasteiger partial charge is 0.263 e. The molecule has 0 radical (unpaired) electrons. The molecule has 2 aromatic carbocycles. The molecule has 0 aliphatic heterocycles. The van der Waals surface area contributed by atoms with Crippen LogP contribution in [-0.4, -0.2) is 8.42 Å². The van der Waals surface area contributed by atoms with Crippen molar-refractivity contribution in [1.82, 2.24) is 0 Å². The van der Waals surface area contributed by atoms with Gasteiger partial charge in [-0.25, -0.2) is 17.2 Å². The van der Waals surface area contributed by atoms with Crippen LogP contribution in [0.25, 0.3) is 0 Å². The fourth-order valence-corrected chi connectivity index (χ4v) is 3.77. The largest absolute Gasteiger partial charge is 0.396 e. The van der Waals surface area contributed by atoms with Gasteiger partial charge in [-0.1, -0.05) is 0 Å². The molecule has 3 N–H and O–H groups in total. The predicted molar refractivity (Wildman–Crippen MR) is 80.5 cm³/mol. The van der Waals surface area contributed by atoms with E-state index in [0.29, 0.717) is 5.56 Å². The average molecular weight is 377 g/mol. The van der Waals surface area contributed by atoms with Gasteiger partial charge in [0.25, 0.3) is 10.0 Å². The van der Waals surface area contributed by atoms with E-state index in [-0.39, 0.29) is 20.7 Å². The Hall–Kier alpha value is -1.67. The zero-order valence-corrected chi connectivity index (χ0v) is 13.2. The summed E-state index contributed by atoms with van der Waals surface area (Å²) in [7, 11) is -3.98. The van der Waals surface area contributed by atoms with Gasteiger partial charge >= 0.3 is 0 Å². The number of hydrogen-bond donors (Lipinski definition) is 2. The standard InChI is InChI=1S/C13H11BrF2N2O2S/c1-7-4-8(2-3-10(7)15)18-21(19,20)13-6-12(17)11(16)5-9(13)14/h2-6,18H,17H2,1H3. The van der Waals surface area contributed by atoms with Crippen LogP contribution in [0.15, 0.2) is 39.7 Å². The highest BCUT2D eigenvalue weighted by Crippen LogP contribution is 2.28. The molecule has 0 heterocycles. The summed E-state index contributed by atoms with van der Waals surface area (Å²) >= 11 is 2.98. The summed E-state index contributed by atoms with van der Waals surface area (Å²) in [6.07, 6.45) is 0. The van der Waals surface area contributed by atoms with E-state index < -0.39 is 21.7 Å². The summed E-state index contributed by atoms with van der Waals surface area (Å²) in [5.74, 6) is -1.16. The van der Waals surface area contributed by atoms with Crippen LogP contribution in [0, 0.1) is 18.6 Å². The van der Waals surface area contributed by atoms with E-state index in [1.165, 1.54) is 19.1 Å². The molecule has 0 aromatic heterocycles. The number of nitrogens with one attached hydrogen (secondary N) is 1. The van der Waals surface area contributed by atoms with Crippen molar-refractivity contribution in [3.05, 3.63) is 52.0 Å². The van der Waals surface area contributed by atoms with Gasteiger partial charge in [0, 0.05) is 10.2 Å². The Morgan fingerprint density at radius 2 is 1.81 bits per heavy atom. The second-order valence-corrected chi connectivity index (χ2v) is 6.88. The zero-order valence-electron chi connectivity index (χ0n) is 10.8. The third-order valence-corrected chi connectivity index (χ3v) is 5.09. The van der Waals surface area contributed by atoms with E-state index >= 15 is 0 Å². The van der Waals surface area contributed by atoms with E-state index in [4.69, 9.17) is 5.73 Å². The lowest BCUT2D eigenvalue weighted by Gasteiger charge is -2.11. The third kappa shape index (κ3) is 3.33. The lowest BCUT2D eigenvalue weighted by Crippen LogP contribution is -2.14. The molecule has 0 amide bonds. The van der Waals surface area contributed by atoms with Crippen molar-refractivity contribution >= 4 is 37.3 Å². The molecular formula is C13H11BrF2N2O2S. The molecule has 2 aromatic rings. The molecule has 0 aliphatic rings. The van der Waals surface area contributed by atoms with Gasteiger partial charge in [-0.2, -0.15) is 0 Å². The Kier molecular flexibility index (Phi) is 4.20. The molecule has 2 rings (SSSR count). The number of rotatable bonds is 3. The van der Waals surface area contributed by atoms with Crippen molar-refractivity contribution < 1.29 is 17.2 Å². The van der Waals surface area contributed by atoms with E-state index in [0.717, 1.165) is 18.2 Å². The lowest BCUT2D eigenvalue weighted by atomic mass is 10.2. The molecule has 0 atom stereocenters. The Bertz CT molecular complexity index is 810. The van der Waals surface area contributed by atoms with E-state index in [1.807, 2.05) is 0 Å². The highest BCUT2D eigenvalue weighted by molar-refractivity contribution is 9.10. The molecule has 0 saturated carbocycles. The molecule has 0 aliphatic carbocycles. The zero-order chi connectivity index (χ0) is 15.8. The number of hydrogen-bond acceptors (Lipinski definition) is 3. The lowest BCUT2D eigenvalue weighted by molar-refractivity contribution is 0.599. The van der Waals surface area contributed by atoms with Crippen LogP contribution < -0.4 is 10.5 Å². The van der Waals surface area contributed by atoms with Gasteiger partial charge in [-0.3, -0.25) is 4.72 Å². The third-order valence-electron chi connectivity index (χ3n) is 2.75. The number of halogens is 3. The summed E-state index contributed by atoms with van der Waals surface area (Å²) in [4.78, 5) is -0.205. The first-order valence-corrected chi connectivity index (χ1v) is 8.02. The summed E-state index contributed by atoms with van der Waals surface area (Å²) in [6, 6.07) is 5.79. The molecule has 21 heavy (non-hydrogen) atoms. The van der Waals surface area contributed by atoms with Crippen molar-refractivity contribution in [3.63, 3.8) is 0 Å². The highest BCUT2D eigenvalue weighted by Gasteiger charge is 2.20. The number of sulfonamides is 1. The molecule has 0 fully saturated rings. The quantitative estimate of drug-likeness (QED) is 0.806. The summed E-state index contributed by atoms with van der Waals surface area (Å²) in [5, 5.41) is 0. The van der Waals surface area contributed by atoms with Crippen LogP contribution in [0.5, 0.6) is 0 Å². The number of nitrogen functional groups attached to an aromatic ring is 1. The van der Waals surface area contributed by atoms with Crippen LogP contribution in [0.2, 0.25) is 0 Å². The Morgan fingerprint density at radius 1 is 1.14 bits per heavy atom. The van der Waals surface area contributed by atoms with Gasteiger partial charge in [0.15, 0.2) is 0 Å². The maximum atomic E-state index is 13.3. The van der Waals surface area contributed by atoms with Crippen molar-refractivity contribution in [2.45, 2.75) is 11.8 Å². The van der Waals surface area contributed by atoms with Gasteiger partial charge in [0.2, 0.25) is 0 Å². The van der Waals surface area contributed by atoms with E-state index in [1.54, 1.807) is 0 Å². The van der Waals surface area contributed by atoms with Gasteiger partial charge < -0.3 is 5.73 Å². The second-order valence-electron chi connectivity index (χ2n) is 4.37. The van der Waals surface area contributed by atoms with Gasteiger partial charge in [0.1, 0.15) is 16.5 Å². The SMILES string of the molecule is Cc1cc(NS(=O)(=O)c2cc(N)c(F)cc2Br)ccc1F. The van der Waals surface area contributed by atoms with Gasteiger partial charge in [-0.05, 0) is 58.7 Å². The van der Waals surface area contributed by atoms with E-state index in [9.17, 15) is 17.2 Å². The predicted octanol–water partition coefficient (Wildman–Crippen LogP) is 3.42. The molecule has 0 saturated heterocycles. The van der Waals surface area contributed by atoms with Crippen molar-refractivity contribution in [2.75, 3.05) is 10.5 Å². The van der Waals surface area contributed by atoms with Crippen LogP contribution in [-0.2, 0) is 10.0 Å². The highest BCUT2D eigenvalue weighted by atomic mass is 79.9. The molecular weight excluding hydrogens is 366 g/mol. The molecule has 0 unspecified atom stereocenters. The van der Waals surface area contributed by atoms with Crippen molar-refractivity contribution in [2.24, 2.45) is 0 Å². The molecule has 112 valence electrons. The molecule has 0 bridgehead atoms. The fourth-order valence-electron chi connectivity index (χ4n) is 1.67. The van der Waals surface area contributed by atoms with Crippen molar-refractivity contribution in [3.8, 4) is 0 Å². The Morgan fingerprint density at radius 3 is 2.43 bits per heavy atom. The normalized spacial score (nSPS) is 11.4. The summed E-state index contributed by atoms with van der Waals surface area (Å²) in [6.45, 7) is 1.51. The second kappa shape index (κ2) is 5.61. The van der Waals surface area contributed by atoms with Crippen LogP contribution in [0.4, 0.5) is 20.2 Å². The number of anilines is 2. The van der Waals surface area contributed by atoms with Crippen molar-refractivity contribution in [1.29, 1.82) is 0 Å². The summed E-state index contributed by atoms with van der Waals surface area (Å²) < 4.78 is 53.3. The van der Waals surface area contributed by atoms with Crippen LogP contribution in [0.3, 0.4) is 0 Å². The minimum absolute atomic E-state index is 0.0422. The first-order valence-electron chi connectivity index (χ1n) is 5.74. The molecule has 0 spiro atoms. The average Bonchev–Trinajstić information content (AvgIpc) is 2.37. The summed E-state index contributed by atoms with van der Waals surface area (Å²) in [5.41, 5.74) is 5.60. The first kappa shape index (κ1) is 15.7. The minimum Gasteiger partial charge on any atom is -0.396 e. The van der Waals surface area contributed by atoms with E-state index in [2.05, 4.69) is 20.7 Å². The number of nitrogens with two attached hydrogens (primary N) is 1. The Labute approximate surface area is 129 Å².